The number of aliphatic imine (C=N–C) groups is 1. The minimum Gasteiger partial charge on any atom is -0.459 e. The first-order valence-electron chi connectivity index (χ1n) is 8.63. The Labute approximate surface area is 165 Å². The lowest BCUT2D eigenvalue weighted by Gasteiger charge is -2.22. The van der Waals surface area contributed by atoms with Crippen molar-refractivity contribution >= 4 is 35.9 Å². The summed E-state index contributed by atoms with van der Waals surface area (Å²) in [4.78, 5) is 18.3. The first kappa shape index (κ1) is 25.7. The van der Waals surface area contributed by atoms with Crippen LogP contribution in [0.4, 0.5) is 0 Å². The van der Waals surface area contributed by atoms with Crippen LogP contribution in [-0.2, 0) is 9.53 Å². The van der Waals surface area contributed by atoms with Crippen molar-refractivity contribution in [1.82, 2.24) is 15.5 Å². The van der Waals surface area contributed by atoms with Gasteiger partial charge in [0.15, 0.2) is 5.96 Å². The Kier molecular flexibility index (Phi) is 14.6. The summed E-state index contributed by atoms with van der Waals surface area (Å²) in [6, 6.07) is 0.301. The lowest BCUT2D eigenvalue weighted by atomic mass is 10.2. The van der Waals surface area contributed by atoms with E-state index in [0.717, 1.165) is 32.5 Å². The van der Waals surface area contributed by atoms with Crippen molar-refractivity contribution in [1.29, 1.82) is 0 Å². The Bertz CT molecular complexity index is 366. The zero-order chi connectivity index (χ0) is 17.9. The fourth-order valence-electron chi connectivity index (χ4n) is 2.19. The normalized spacial score (nSPS) is 13.2. The van der Waals surface area contributed by atoms with Crippen LogP contribution in [0.5, 0.6) is 0 Å². The SMILES string of the molecule is CCN(CC)CCCC(C)NC(=NC)NCC(=O)OC(C)(C)C.I. The van der Waals surface area contributed by atoms with E-state index < -0.39 is 5.60 Å². The predicted octanol–water partition coefficient (Wildman–Crippen LogP) is 2.62. The van der Waals surface area contributed by atoms with E-state index in [-0.39, 0.29) is 36.5 Å². The van der Waals surface area contributed by atoms with Crippen LogP contribution in [0.2, 0.25) is 0 Å². The Hall–Kier alpha value is -0.570. The quantitative estimate of drug-likeness (QED) is 0.242. The number of nitrogens with zero attached hydrogens (tertiary/aromatic N) is 2. The Morgan fingerprint density at radius 3 is 2.29 bits per heavy atom. The molecule has 0 amide bonds. The molecule has 0 heterocycles. The molecule has 7 heteroatoms. The fraction of sp³-hybridized carbons (Fsp3) is 0.882. The van der Waals surface area contributed by atoms with E-state index in [1.807, 2.05) is 20.8 Å². The first-order valence-corrected chi connectivity index (χ1v) is 8.63. The van der Waals surface area contributed by atoms with Gasteiger partial charge in [0.1, 0.15) is 12.1 Å². The number of halogens is 1. The van der Waals surface area contributed by atoms with Crippen molar-refractivity contribution in [3.63, 3.8) is 0 Å². The number of carbonyl (C=O) groups excluding carboxylic acids is 1. The molecule has 0 aromatic heterocycles. The van der Waals surface area contributed by atoms with Gasteiger partial charge in [-0.25, -0.2) is 0 Å². The molecular formula is C17H37IN4O2. The van der Waals surface area contributed by atoms with Gasteiger partial charge < -0.3 is 20.3 Å². The van der Waals surface area contributed by atoms with Gasteiger partial charge in [0.05, 0.1) is 0 Å². The standard InChI is InChI=1S/C17H36N4O2.HI/c1-8-21(9-2)12-10-11-14(3)20-16(18-7)19-13-15(22)23-17(4,5)6;/h14H,8-13H2,1-7H3,(H2,18,19,20);1H. The third-order valence-electron chi connectivity index (χ3n) is 3.43. The van der Waals surface area contributed by atoms with Gasteiger partial charge in [-0.3, -0.25) is 9.79 Å². The van der Waals surface area contributed by atoms with Gasteiger partial charge in [-0.05, 0) is 60.2 Å². The molecule has 0 bridgehead atoms. The van der Waals surface area contributed by atoms with Crippen LogP contribution < -0.4 is 10.6 Å². The molecule has 0 rings (SSSR count). The summed E-state index contributed by atoms with van der Waals surface area (Å²) in [7, 11) is 1.70. The molecule has 0 radical (unpaired) electrons. The highest BCUT2D eigenvalue weighted by molar-refractivity contribution is 14.0. The minimum atomic E-state index is -0.465. The third kappa shape index (κ3) is 13.8. The van der Waals surface area contributed by atoms with Crippen molar-refractivity contribution < 1.29 is 9.53 Å². The fourth-order valence-corrected chi connectivity index (χ4v) is 2.19. The average Bonchev–Trinajstić information content (AvgIpc) is 2.46. The summed E-state index contributed by atoms with van der Waals surface area (Å²) in [5, 5.41) is 6.31. The van der Waals surface area contributed by atoms with E-state index in [1.54, 1.807) is 7.05 Å². The van der Waals surface area contributed by atoms with E-state index in [1.165, 1.54) is 0 Å². The monoisotopic (exact) mass is 456 g/mol. The van der Waals surface area contributed by atoms with E-state index in [4.69, 9.17) is 4.74 Å². The van der Waals surface area contributed by atoms with Crippen molar-refractivity contribution in [2.75, 3.05) is 33.2 Å². The van der Waals surface area contributed by atoms with Gasteiger partial charge in [0.25, 0.3) is 0 Å². The maximum Gasteiger partial charge on any atom is 0.325 e. The van der Waals surface area contributed by atoms with Gasteiger partial charge in [0.2, 0.25) is 0 Å². The van der Waals surface area contributed by atoms with Gasteiger partial charge in [-0.1, -0.05) is 13.8 Å². The summed E-state index contributed by atoms with van der Waals surface area (Å²) in [5.74, 6) is 0.348. The van der Waals surface area contributed by atoms with E-state index in [2.05, 4.69) is 41.3 Å². The zero-order valence-electron chi connectivity index (χ0n) is 16.4. The Balaban J connectivity index is 0. The molecule has 0 saturated heterocycles. The van der Waals surface area contributed by atoms with E-state index in [9.17, 15) is 4.79 Å². The molecule has 24 heavy (non-hydrogen) atoms. The van der Waals surface area contributed by atoms with Crippen LogP contribution in [0.25, 0.3) is 0 Å². The van der Waals surface area contributed by atoms with Crippen LogP contribution >= 0.6 is 24.0 Å². The second kappa shape index (κ2) is 13.7. The topological polar surface area (TPSA) is 66.0 Å². The molecule has 0 saturated carbocycles. The summed E-state index contributed by atoms with van der Waals surface area (Å²) in [6.07, 6.45) is 2.20. The minimum absolute atomic E-state index is 0. The number of nitrogens with one attached hydrogen (secondary N) is 2. The summed E-state index contributed by atoms with van der Waals surface area (Å²) < 4.78 is 5.26. The highest BCUT2D eigenvalue weighted by Gasteiger charge is 2.16. The van der Waals surface area contributed by atoms with Crippen LogP contribution in [0.1, 0.15) is 54.4 Å². The lowest BCUT2D eigenvalue weighted by molar-refractivity contribution is -0.153. The molecule has 6 nitrogen and oxygen atoms in total. The third-order valence-corrected chi connectivity index (χ3v) is 3.43. The number of guanidine groups is 1. The largest absolute Gasteiger partial charge is 0.459 e. The van der Waals surface area contributed by atoms with Crippen LogP contribution in [0.15, 0.2) is 4.99 Å². The molecule has 0 aliphatic rings. The molecule has 0 spiro atoms. The number of hydrogen-bond acceptors (Lipinski definition) is 4. The number of esters is 1. The van der Waals surface area contributed by atoms with Gasteiger partial charge in [0, 0.05) is 13.1 Å². The number of ether oxygens (including phenoxy) is 1. The second-order valence-electron chi connectivity index (χ2n) is 6.73. The molecular weight excluding hydrogens is 419 g/mol. The molecule has 2 N–H and O–H groups in total. The Morgan fingerprint density at radius 2 is 1.83 bits per heavy atom. The molecule has 1 unspecified atom stereocenters. The molecule has 0 aliphatic heterocycles. The number of rotatable bonds is 9. The molecule has 0 aliphatic carbocycles. The number of carbonyl (C=O) groups is 1. The average molecular weight is 456 g/mol. The molecule has 0 aromatic rings. The van der Waals surface area contributed by atoms with Crippen LogP contribution in [-0.4, -0.2) is 61.7 Å². The molecule has 0 fully saturated rings. The second-order valence-corrected chi connectivity index (χ2v) is 6.73. The first-order chi connectivity index (χ1) is 10.7. The van der Waals surface area contributed by atoms with Crippen molar-refractivity contribution in [3.05, 3.63) is 0 Å². The van der Waals surface area contributed by atoms with Crippen molar-refractivity contribution in [2.45, 2.75) is 66.0 Å². The maximum absolute atomic E-state index is 11.7. The lowest BCUT2D eigenvalue weighted by Crippen LogP contribution is -2.45. The van der Waals surface area contributed by atoms with Gasteiger partial charge in [-0.15, -0.1) is 24.0 Å². The molecule has 0 aromatic carbocycles. The van der Waals surface area contributed by atoms with Crippen LogP contribution in [0.3, 0.4) is 0 Å². The summed E-state index contributed by atoms with van der Waals surface area (Å²) in [6.45, 7) is 15.5. The molecule has 1 atom stereocenters. The highest BCUT2D eigenvalue weighted by atomic mass is 127. The van der Waals surface area contributed by atoms with Gasteiger partial charge in [-0.2, -0.15) is 0 Å². The van der Waals surface area contributed by atoms with Crippen molar-refractivity contribution in [2.24, 2.45) is 4.99 Å². The van der Waals surface area contributed by atoms with Crippen molar-refractivity contribution in [3.8, 4) is 0 Å². The smallest absolute Gasteiger partial charge is 0.325 e. The summed E-state index contributed by atoms with van der Waals surface area (Å²) in [5.41, 5.74) is -0.465. The summed E-state index contributed by atoms with van der Waals surface area (Å²) >= 11 is 0. The maximum atomic E-state index is 11.7. The van der Waals surface area contributed by atoms with E-state index >= 15 is 0 Å². The van der Waals surface area contributed by atoms with E-state index in [0.29, 0.717) is 12.0 Å². The zero-order valence-corrected chi connectivity index (χ0v) is 18.8. The number of hydrogen-bond donors (Lipinski definition) is 2. The Morgan fingerprint density at radius 1 is 1.25 bits per heavy atom. The highest BCUT2D eigenvalue weighted by Crippen LogP contribution is 2.06. The molecule has 144 valence electrons. The van der Waals surface area contributed by atoms with Crippen LogP contribution in [0, 0.1) is 0 Å². The predicted molar refractivity (Wildman–Crippen MR) is 112 cm³/mol. The van der Waals surface area contributed by atoms with Gasteiger partial charge >= 0.3 is 5.97 Å².